The Balaban J connectivity index is 1.68. The highest BCUT2D eigenvalue weighted by atomic mass is 16.4. The molecule has 3 rings (SSSR count). The molecule has 1 aliphatic rings. The summed E-state index contributed by atoms with van der Waals surface area (Å²) in [6, 6.07) is -0.487. The lowest BCUT2D eigenvalue weighted by Crippen LogP contribution is -2.63. The molecule has 0 radical (unpaired) electrons. The van der Waals surface area contributed by atoms with Gasteiger partial charge in [0.2, 0.25) is 35.4 Å². The van der Waals surface area contributed by atoms with Crippen LogP contribution in [0, 0.1) is 17.8 Å². The van der Waals surface area contributed by atoms with Gasteiger partial charge in [0.25, 0.3) is 5.91 Å². The van der Waals surface area contributed by atoms with E-state index in [2.05, 4.69) is 36.9 Å². The molecule has 2 aromatic rings. The van der Waals surface area contributed by atoms with E-state index in [1.165, 1.54) is 36.1 Å². The third-order valence-corrected chi connectivity index (χ3v) is 10.3. The number of aliphatic hydroxyl groups excluding tert-OH is 2. The topological polar surface area (TPSA) is 309 Å². The molecule has 1 fully saturated rings. The summed E-state index contributed by atoms with van der Waals surface area (Å²) < 4.78 is 0. The van der Waals surface area contributed by atoms with Crippen molar-refractivity contribution < 1.29 is 58.8 Å². The van der Waals surface area contributed by atoms with Crippen molar-refractivity contribution in [2.45, 2.75) is 116 Å². The van der Waals surface area contributed by atoms with E-state index in [1.807, 2.05) is 0 Å². The summed E-state index contributed by atoms with van der Waals surface area (Å²) in [4.78, 5) is 110. The molecule has 8 atom stereocenters. The van der Waals surface area contributed by atoms with Gasteiger partial charge in [-0.15, -0.1) is 0 Å². The summed E-state index contributed by atoms with van der Waals surface area (Å²) in [5.41, 5.74) is 0.727. The maximum Gasteiger partial charge on any atom is 0.326 e. The molecule has 1 aliphatic heterocycles. The number of carbonyl (C=O) groups excluding carboxylic acids is 7. The monoisotopic (exact) mass is 856 g/mol. The summed E-state index contributed by atoms with van der Waals surface area (Å²) in [6.07, 6.45) is 0.622. The number of benzene rings is 1. The second-order valence-corrected chi connectivity index (χ2v) is 16.2. The van der Waals surface area contributed by atoms with Crippen molar-refractivity contribution in [2.24, 2.45) is 17.8 Å². The molecule has 7 amide bonds. The maximum absolute atomic E-state index is 13.8. The highest BCUT2D eigenvalue weighted by Crippen LogP contribution is 2.22. The Morgan fingerprint density at radius 1 is 0.705 bits per heavy atom. The minimum Gasteiger partial charge on any atom is -0.508 e. The van der Waals surface area contributed by atoms with Crippen molar-refractivity contribution >= 4 is 47.3 Å². The van der Waals surface area contributed by atoms with E-state index < -0.39 is 114 Å². The van der Waals surface area contributed by atoms with Crippen LogP contribution in [-0.2, 0) is 40.0 Å². The smallest absolute Gasteiger partial charge is 0.326 e. The number of aliphatic hydroxyl groups is 2. The highest BCUT2D eigenvalue weighted by molar-refractivity contribution is 5.99. The predicted molar refractivity (Wildman–Crippen MR) is 219 cm³/mol. The number of aliphatic carboxylic acids is 1. The fourth-order valence-electron chi connectivity index (χ4n) is 6.69. The van der Waals surface area contributed by atoms with Crippen LogP contribution in [0.3, 0.4) is 0 Å². The summed E-state index contributed by atoms with van der Waals surface area (Å²) in [5, 5.41) is 54.6. The van der Waals surface area contributed by atoms with Crippen LogP contribution in [0.5, 0.6) is 5.75 Å². The van der Waals surface area contributed by atoms with Gasteiger partial charge in [0.1, 0.15) is 53.7 Å². The molecule has 0 saturated carbocycles. The van der Waals surface area contributed by atoms with Crippen LogP contribution in [0.1, 0.15) is 77.4 Å². The fraction of sp³-hybridized carbons (Fsp3) is 0.561. The van der Waals surface area contributed by atoms with Gasteiger partial charge >= 0.3 is 5.97 Å². The average molecular weight is 857 g/mol. The number of carboxylic acid groups (broad SMARTS) is 1. The number of aromatic hydroxyl groups is 1. The summed E-state index contributed by atoms with van der Waals surface area (Å²) in [7, 11) is 0. The zero-order valence-electron chi connectivity index (χ0n) is 35.4. The Hall–Kier alpha value is -6.02. The van der Waals surface area contributed by atoms with Gasteiger partial charge in [0, 0.05) is 19.2 Å². The molecular weight excluding hydrogens is 796 g/mol. The van der Waals surface area contributed by atoms with Gasteiger partial charge in [0.05, 0.1) is 12.7 Å². The number of H-pyrrole nitrogens is 1. The quantitative estimate of drug-likeness (QED) is 0.0714. The lowest BCUT2D eigenvalue weighted by Gasteiger charge is -2.32. The molecule has 20 nitrogen and oxygen atoms in total. The van der Waals surface area contributed by atoms with Crippen LogP contribution >= 0.6 is 0 Å². The van der Waals surface area contributed by atoms with Crippen molar-refractivity contribution in [2.75, 3.05) is 13.2 Å². The molecule has 1 aromatic heterocycles. The zero-order valence-corrected chi connectivity index (χ0v) is 35.4. The largest absolute Gasteiger partial charge is 0.508 e. The maximum atomic E-state index is 13.8. The summed E-state index contributed by atoms with van der Waals surface area (Å²) in [5.74, 6) is -8.26. The number of phenolic OH excluding ortho intramolecular Hbond substituents is 1. The first-order valence-corrected chi connectivity index (χ1v) is 20.2. The Labute approximate surface area is 354 Å². The first kappa shape index (κ1) is 49.3. The first-order valence-electron chi connectivity index (χ1n) is 20.2. The van der Waals surface area contributed by atoms with Gasteiger partial charge < -0.3 is 62.2 Å². The van der Waals surface area contributed by atoms with E-state index in [1.54, 1.807) is 59.9 Å². The van der Waals surface area contributed by atoms with Crippen LogP contribution in [0.2, 0.25) is 0 Å². The van der Waals surface area contributed by atoms with E-state index in [4.69, 9.17) is 0 Å². The van der Waals surface area contributed by atoms with E-state index in [0.29, 0.717) is 18.4 Å². The summed E-state index contributed by atoms with van der Waals surface area (Å²) >= 11 is 0. The predicted octanol–water partition coefficient (Wildman–Crippen LogP) is -1.10. The van der Waals surface area contributed by atoms with Crippen molar-refractivity contribution in [3.63, 3.8) is 0 Å². The molecule has 20 heteroatoms. The molecule has 2 heterocycles. The molecule has 0 spiro atoms. The second-order valence-electron chi connectivity index (χ2n) is 16.2. The van der Waals surface area contributed by atoms with Gasteiger partial charge in [-0.2, -0.15) is 0 Å². The lowest BCUT2D eigenvalue weighted by molar-refractivity contribution is -0.142. The molecular formula is C41H60N8O12. The number of carbonyl (C=O) groups is 8. The number of aromatic nitrogens is 1. The number of rotatable bonds is 21. The minimum absolute atomic E-state index is 0.0513. The van der Waals surface area contributed by atoms with Crippen LogP contribution < -0.4 is 31.9 Å². The van der Waals surface area contributed by atoms with Crippen LogP contribution in [0.4, 0.5) is 0 Å². The molecule has 0 aliphatic carbocycles. The molecule has 61 heavy (non-hydrogen) atoms. The van der Waals surface area contributed by atoms with E-state index in [0.717, 1.165) is 0 Å². The fourth-order valence-corrected chi connectivity index (χ4v) is 6.69. The number of aromatic amines is 1. The Morgan fingerprint density at radius 3 is 1.75 bits per heavy atom. The number of hydrogen-bond acceptors (Lipinski definition) is 11. The van der Waals surface area contributed by atoms with E-state index in [-0.39, 0.29) is 30.3 Å². The molecule has 0 unspecified atom stereocenters. The third-order valence-electron chi connectivity index (χ3n) is 10.3. The number of amides is 7. The number of phenols is 1. The third kappa shape index (κ3) is 13.8. The lowest BCUT2D eigenvalue weighted by atomic mass is 9.98. The number of hydrogen-bond donors (Lipinski definition) is 11. The van der Waals surface area contributed by atoms with Crippen LogP contribution in [-0.4, -0.2) is 139 Å². The molecule has 11 N–H and O–H groups in total. The number of nitrogens with one attached hydrogen (secondary N) is 7. The normalized spacial score (nSPS) is 17.3. The average Bonchev–Trinajstić information content (AvgIpc) is 3.92. The van der Waals surface area contributed by atoms with Crippen molar-refractivity contribution in [3.05, 3.63) is 53.9 Å². The van der Waals surface area contributed by atoms with Gasteiger partial charge in [-0.05, 0) is 67.3 Å². The van der Waals surface area contributed by atoms with Gasteiger partial charge in [-0.1, -0.05) is 53.7 Å². The van der Waals surface area contributed by atoms with Crippen LogP contribution in [0.25, 0.3) is 0 Å². The molecule has 1 saturated heterocycles. The number of nitrogens with zero attached hydrogens (tertiary/aromatic N) is 1. The van der Waals surface area contributed by atoms with Crippen molar-refractivity contribution in [3.8, 4) is 5.75 Å². The molecule has 1 aromatic carbocycles. The Kier molecular flexibility index (Phi) is 18.2. The first-order chi connectivity index (χ1) is 28.7. The SMILES string of the molecule is CC(C)[C@H](NC(=O)[C@@H]1CCCN1C(=O)[C@@H](NC(=O)c1ccc[nH]1)C(C)C)C(=O)N[C@@H](C(=O)N[C@H](C(=O)N[C@H](CO)C(=O)N[C@@H](Cc1ccc(O)cc1)C(=O)O)[C@@H](C)O)C(C)C. The number of carboxylic acids is 1. The highest BCUT2D eigenvalue weighted by Gasteiger charge is 2.41. The summed E-state index contributed by atoms with van der Waals surface area (Å²) in [6.45, 7) is 10.5. The van der Waals surface area contributed by atoms with Gasteiger partial charge in [-0.25, -0.2) is 4.79 Å². The van der Waals surface area contributed by atoms with E-state index >= 15 is 0 Å². The van der Waals surface area contributed by atoms with Gasteiger partial charge in [0.15, 0.2) is 0 Å². The van der Waals surface area contributed by atoms with Crippen molar-refractivity contribution in [1.29, 1.82) is 0 Å². The number of likely N-dealkylation sites (tertiary alicyclic amines) is 1. The molecule has 336 valence electrons. The molecule has 0 bridgehead atoms. The zero-order chi connectivity index (χ0) is 45.7. The van der Waals surface area contributed by atoms with Gasteiger partial charge in [-0.3, -0.25) is 33.6 Å². The minimum atomic E-state index is -1.71. The van der Waals surface area contributed by atoms with Crippen LogP contribution in [0.15, 0.2) is 42.6 Å². The second kappa shape index (κ2) is 22.5. The Bertz CT molecular complexity index is 1850. The van der Waals surface area contributed by atoms with E-state index in [9.17, 15) is 58.8 Å². The standard InChI is InChI=1S/C41H60N8O12/c1-20(2)30(45-36(55)29-11-9-17-49(29)40(59)32(22(5)6)47-34(53)26-10-8-16-42-26)37(56)46-31(21(3)4)38(57)48-33(23(7)51)39(58)44-28(19-50)35(54)43-27(41(60)61)18-24-12-14-25(52)15-13-24/h8,10,12-16,20-23,27-33,42,50-52H,9,11,17-19H2,1-7H3,(H,43,54)(H,44,58)(H,45,55)(H,46,56)(H,47,53)(H,48,57)(H,60,61)/t23-,27+,28-,29+,30+,31-,32+,33+/m1/s1. The van der Waals surface area contributed by atoms with Crippen molar-refractivity contribution in [1.82, 2.24) is 41.8 Å². The Morgan fingerprint density at radius 2 is 1.25 bits per heavy atom.